The van der Waals surface area contributed by atoms with Gasteiger partial charge < -0.3 is 15.8 Å². The molecule has 3 saturated carbocycles. The maximum absolute atomic E-state index is 10.8. The van der Waals surface area contributed by atoms with Gasteiger partial charge >= 0.3 is 7.12 Å². The van der Waals surface area contributed by atoms with E-state index in [-0.39, 0.29) is 16.6 Å². The molecule has 0 aliphatic heterocycles. The molecule has 0 radical (unpaired) electrons. The molecule has 0 aromatic heterocycles. The van der Waals surface area contributed by atoms with E-state index in [1.165, 1.54) is 0 Å². The fraction of sp³-hybridized carbons (Fsp3) is 0.833. The molecule has 3 rings (SSSR count). The third-order valence-electron chi connectivity index (χ3n) is 3.14. The summed E-state index contributed by atoms with van der Waals surface area (Å²) in [7, 11) is -1.27. The summed E-state index contributed by atoms with van der Waals surface area (Å²) in [6, 6.07) is 0. The van der Waals surface area contributed by atoms with Gasteiger partial charge in [-0.1, -0.05) is 0 Å². The van der Waals surface area contributed by atoms with Crippen molar-refractivity contribution < 1.29 is 14.8 Å². The molecule has 1 amide bonds. The summed E-state index contributed by atoms with van der Waals surface area (Å²) in [5.41, 5.74) is 4.76. The van der Waals surface area contributed by atoms with Gasteiger partial charge in [0.25, 0.3) is 0 Å². The average Bonchev–Trinajstić information content (AvgIpc) is 1.51. The van der Waals surface area contributed by atoms with Crippen molar-refractivity contribution >= 4 is 13.0 Å². The monoisotopic (exact) mass is 155 g/mol. The Kier molecular flexibility index (Phi) is 1.05. The van der Waals surface area contributed by atoms with Crippen molar-refractivity contribution in [2.75, 3.05) is 0 Å². The highest BCUT2D eigenvalue weighted by Crippen LogP contribution is 2.78. The van der Waals surface area contributed by atoms with E-state index in [1.54, 1.807) is 0 Å². The first kappa shape index (κ1) is 7.12. The zero-order valence-electron chi connectivity index (χ0n) is 6.08. The van der Waals surface area contributed by atoms with Gasteiger partial charge in [0.15, 0.2) is 0 Å². The lowest BCUT2D eigenvalue weighted by atomic mass is 9.24. The Morgan fingerprint density at radius 1 is 1.36 bits per heavy atom. The van der Waals surface area contributed by atoms with Crippen LogP contribution in [0.25, 0.3) is 0 Å². The second-order valence-electron chi connectivity index (χ2n) is 3.91. The fourth-order valence-corrected chi connectivity index (χ4v) is 2.40. The molecule has 60 valence electrons. The van der Waals surface area contributed by atoms with Crippen molar-refractivity contribution in [2.45, 2.75) is 24.6 Å². The minimum atomic E-state index is -1.27. The average molecular weight is 155 g/mol. The van der Waals surface area contributed by atoms with Crippen LogP contribution in [0.2, 0.25) is 5.31 Å². The zero-order valence-corrected chi connectivity index (χ0v) is 6.08. The molecular weight excluding hydrogens is 145 g/mol. The van der Waals surface area contributed by atoms with Crippen LogP contribution in [-0.4, -0.2) is 23.1 Å². The number of nitrogens with two attached hydrogens (primary N) is 1. The van der Waals surface area contributed by atoms with Crippen LogP contribution < -0.4 is 5.73 Å². The van der Waals surface area contributed by atoms with Crippen LogP contribution in [0.1, 0.15) is 19.3 Å². The smallest absolute Gasteiger partial charge is 0.427 e. The van der Waals surface area contributed by atoms with Gasteiger partial charge in [0.1, 0.15) is 0 Å². The summed E-state index contributed by atoms with van der Waals surface area (Å²) >= 11 is 0. The summed E-state index contributed by atoms with van der Waals surface area (Å²) in [4.78, 5) is 10.8. The van der Waals surface area contributed by atoms with E-state index in [4.69, 9.17) is 15.8 Å². The lowest BCUT2D eigenvalue weighted by Gasteiger charge is -2.68. The molecule has 0 unspecified atom stereocenters. The Hall–Kier alpha value is -0.545. The fourth-order valence-electron chi connectivity index (χ4n) is 2.40. The van der Waals surface area contributed by atoms with Crippen molar-refractivity contribution in [3.8, 4) is 0 Å². The van der Waals surface area contributed by atoms with Crippen molar-refractivity contribution in [1.29, 1.82) is 0 Å². The van der Waals surface area contributed by atoms with E-state index >= 15 is 0 Å². The zero-order chi connectivity index (χ0) is 8.28. The summed E-state index contributed by atoms with van der Waals surface area (Å²) < 4.78 is 0. The summed E-state index contributed by atoms with van der Waals surface area (Å²) in [5, 5.41) is 17.4. The lowest BCUT2D eigenvalue weighted by molar-refractivity contribution is -0.160. The number of carbonyl (C=O) groups excluding carboxylic acids is 1. The maximum atomic E-state index is 10.8. The van der Waals surface area contributed by atoms with Gasteiger partial charge in [0, 0.05) is 10.7 Å². The van der Waals surface area contributed by atoms with Crippen LogP contribution in [0.4, 0.5) is 0 Å². The predicted octanol–water partition coefficient (Wildman–Crippen LogP) is -1.13. The molecule has 3 aliphatic rings. The Morgan fingerprint density at radius 3 is 2.09 bits per heavy atom. The van der Waals surface area contributed by atoms with Crippen LogP contribution in [-0.2, 0) is 4.79 Å². The number of carbonyl (C=O) groups is 1. The molecule has 5 heteroatoms. The van der Waals surface area contributed by atoms with Gasteiger partial charge in [0.2, 0.25) is 5.91 Å². The SMILES string of the molecule is NC(=O)C12CC(B(O)O)(C1)C2. The van der Waals surface area contributed by atoms with E-state index in [0.29, 0.717) is 19.3 Å². The van der Waals surface area contributed by atoms with Crippen LogP contribution in [0.15, 0.2) is 0 Å². The van der Waals surface area contributed by atoms with E-state index in [9.17, 15) is 4.79 Å². The minimum Gasteiger partial charge on any atom is -0.427 e. The molecule has 2 bridgehead atoms. The first-order valence-corrected chi connectivity index (χ1v) is 3.67. The van der Waals surface area contributed by atoms with Crippen molar-refractivity contribution in [2.24, 2.45) is 11.1 Å². The summed E-state index contributed by atoms with van der Waals surface area (Å²) in [5.74, 6) is -0.292. The maximum Gasteiger partial charge on any atom is 0.458 e. The van der Waals surface area contributed by atoms with Crippen LogP contribution >= 0.6 is 0 Å². The Labute approximate surface area is 64.5 Å². The Morgan fingerprint density at radius 2 is 1.82 bits per heavy atom. The third kappa shape index (κ3) is 0.606. The van der Waals surface area contributed by atoms with E-state index in [0.717, 1.165) is 0 Å². The number of amides is 1. The first-order chi connectivity index (χ1) is 5.01. The number of primary amides is 1. The first-order valence-electron chi connectivity index (χ1n) is 3.67. The lowest BCUT2D eigenvalue weighted by Crippen LogP contribution is -2.68. The van der Waals surface area contributed by atoms with Crippen LogP contribution in [0.5, 0.6) is 0 Å². The van der Waals surface area contributed by atoms with Gasteiger partial charge in [-0.2, -0.15) is 0 Å². The topological polar surface area (TPSA) is 83.6 Å². The van der Waals surface area contributed by atoms with Gasteiger partial charge in [-0.3, -0.25) is 4.79 Å². The van der Waals surface area contributed by atoms with Gasteiger partial charge in [-0.05, 0) is 19.3 Å². The molecule has 3 fully saturated rings. The second-order valence-corrected chi connectivity index (χ2v) is 3.91. The largest absolute Gasteiger partial charge is 0.458 e. The molecule has 0 atom stereocenters. The standard InChI is InChI=1S/C6H10BNO3/c8-4(9)5-1-6(2-5,3-5)7(10)11/h10-11H,1-3H2,(H2,8,9). The van der Waals surface area contributed by atoms with Crippen LogP contribution in [0.3, 0.4) is 0 Å². The molecule has 0 spiro atoms. The molecular formula is C6H10BNO3. The highest BCUT2D eigenvalue weighted by Gasteiger charge is 2.75. The highest BCUT2D eigenvalue weighted by atomic mass is 16.4. The van der Waals surface area contributed by atoms with Crippen molar-refractivity contribution in [1.82, 2.24) is 0 Å². The Bertz CT molecular complexity index is 208. The van der Waals surface area contributed by atoms with Gasteiger partial charge in [-0.25, -0.2) is 0 Å². The predicted molar refractivity (Wildman–Crippen MR) is 38.4 cm³/mol. The number of hydrogen-bond acceptors (Lipinski definition) is 3. The van der Waals surface area contributed by atoms with E-state index in [2.05, 4.69) is 0 Å². The molecule has 4 nitrogen and oxygen atoms in total. The molecule has 11 heavy (non-hydrogen) atoms. The van der Waals surface area contributed by atoms with E-state index < -0.39 is 7.12 Å². The molecule has 0 aromatic carbocycles. The molecule has 3 aliphatic carbocycles. The quantitative estimate of drug-likeness (QED) is 0.441. The van der Waals surface area contributed by atoms with Gasteiger partial charge in [0.05, 0.1) is 0 Å². The molecule has 0 heterocycles. The van der Waals surface area contributed by atoms with Crippen molar-refractivity contribution in [3.05, 3.63) is 0 Å². The number of hydrogen-bond donors (Lipinski definition) is 3. The van der Waals surface area contributed by atoms with Crippen LogP contribution in [0, 0.1) is 5.41 Å². The minimum absolute atomic E-state index is 0.292. The normalized spacial score (nSPS) is 45.6. The summed E-state index contributed by atoms with van der Waals surface area (Å²) in [6.45, 7) is 0. The second kappa shape index (κ2) is 1.62. The van der Waals surface area contributed by atoms with E-state index in [1.807, 2.05) is 0 Å². The molecule has 4 N–H and O–H groups in total. The summed E-state index contributed by atoms with van der Waals surface area (Å²) in [6.07, 6.45) is 1.69. The van der Waals surface area contributed by atoms with Gasteiger partial charge in [-0.15, -0.1) is 0 Å². The molecule has 0 saturated heterocycles. The van der Waals surface area contributed by atoms with Crippen molar-refractivity contribution in [3.63, 3.8) is 0 Å². The third-order valence-corrected chi connectivity index (χ3v) is 3.14. The molecule has 0 aromatic rings. The Balaban J connectivity index is 2.04. The number of rotatable bonds is 2. The highest BCUT2D eigenvalue weighted by molar-refractivity contribution is 6.47.